The maximum atomic E-state index is 12.2. The van der Waals surface area contributed by atoms with Gasteiger partial charge in [-0.15, -0.1) is 23.5 Å². The molecule has 1 aliphatic heterocycles. The Hall–Kier alpha value is -0.810. The zero-order valence-electron chi connectivity index (χ0n) is 14.8. The highest BCUT2D eigenvalue weighted by Crippen LogP contribution is 2.49. The van der Waals surface area contributed by atoms with E-state index in [0.29, 0.717) is 10.5 Å². The SMILES string of the molecule is C[C@@H](NC(=O)COc1ccc(C2SCCS2)cc1)[C@@H]1C[C@@H]2CC[C@@H]1C2. The molecule has 3 aliphatic rings. The van der Waals surface area contributed by atoms with E-state index in [0.717, 1.165) is 17.6 Å². The second-order valence-electron chi connectivity index (χ2n) is 7.63. The molecule has 0 aromatic heterocycles. The lowest BCUT2D eigenvalue weighted by molar-refractivity contribution is -0.124. The van der Waals surface area contributed by atoms with Crippen molar-refractivity contribution in [2.24, 2.45) is 17.8 Å². The molecule has 0 unspecified atom stereocenters. The van der Waals surface area contributed by atoms with Gasteiger partial charge in [0, 0.05) is 17.5 Å². The zero-order valence-corrected chi connectivity index (χ0v) is 16.4. The van der Waals surface area contributed by atoms with Gasteiger partial charge < -0.3 is 10.1 Å². The van der Waals surface area contributed by atoms with Crippen molar-refractivity contribution in [1.29, 1.82) is 0 Å². The molecule has 1 heterocycles. The van der Waals surface area contributed by atoms with Crippen LogP contribution in [0.4, 0.5) is 0 Å². The number of benzene rings is 1. The average molecular weight is 378 g/mol. The molecular weight excluding hydrogens is 350 g/mol. The van der Waals surface area contributed by atoms with Gasteiger partial charge in [0.2, 0.25) is 0 Å². The molecule has 1 aromatic carbocycles. The van der Waals surface area contributed by atoms with Crippen molar-refractivity contribution in [3.8, 4) is 5.75 Å². The van der Waals surface area contributed by atoms with E-state index in [9.17, 15) is 4.79 Å². The Morgan fingerprint density at radius 2 is 1.96 bits per heavy atom. The molecule has 1 aromatic rings. The van der Waals surface area contributed by atoms with Gasteiger partial charge in [0.1, 0.15) is 5.75 Å². The number of amides is 1. The molecule has 5 heteroatoms. The standard InChI is InChI=1S/C20H27NO2S2/c1-13(18-11-14-2-3-16(18)10-14)21-19(22)12-23-17-6-4-15(5-7-17)20-24-8-9-25-20/h4-7,13-14,16,18,20H,2-3,8-12H2,1H3,(H,21,22)/t13-,14-,16-,18+/m1/s1. The van der Waals surface area contributed by atoms with Gasteiger partial charge in [0.25, 0.3) is 5.91 Å². The van der Waals surface area contributed by atoms with Crippen LogP contribution in [0.25, 0.3) is 0 Å². The molecular formula is C20H27NO2S2. The Morgan fingerprint density at radius 3 is 2.60 bits per heavy atom. The molecule has 2 saturated carbocycles. The molecule has 1 saturated heterocycles. The van der Waals surface area contributed by atoms with Crippen LogP contribution in [0.5, 0.6) is 5.75 Å². The number of fused-ring (bicyclic) bond motifs is 2. The van der Waals surface area contributed by atoms with Crippen LogP contribution in [-0.2, 0) is 4.79 Å². The van der Waals surface area contributed by atoms with Crippen molar-refractivity contribution in [1.82, 2.24) is 5.32 Å². The number of ether oxygens (including phenoxy) is 1. The summed E-state index contributed by atoms with van der Waals surface area (Å²) in [5.74, 6) is 5.66. The molecule has 0 radical (unpaired) electrons. The Kier molecular flexibility index (Phi) is 5.51. The van der Waals surface area contributed by atoms with Crippen molar-refractivity contribution in [2.75, 3.05) is 18.1 Å². The molecule has 136 valence electrons. The van der Waals surface area contributed by atoms with Crippen LogP contribution in [0.1, 0.15) is 42.8 Å². The second-order valence-corrected chi connectivity index (χ2v) is 10.4. The second kappa shape index (κ2) is 7.83. The molecule has 3 fully saturated rings. The lowest BCUT2D eigenvalue weighted by Gasteiger charge is -2.28. The fourth-order valence-electron chi connectivity index (χ4n) is 4.73. The molecule has 0 spiro atoms. The minimum absolute atomic E-state index is 0.00116. The molecule has 2 bridgehead atoms. The highest BCUT2D eigenvalue weighted by Gasteiger charge is 2.42. The Labute approximate surface area is 159 Å². The molecule has 1 N–H and O–H groups in total. The van der Waals surface area contributed by atoms with E-state index in [1.165, 1.54) is 42.8 Å². The number of hydrogen-bond donors (Lipinski definition) is 1. The maximum Gasteiger partial charge on any atom is 0.258 e. The molecule has 1 amide bonds. The van der Waals surface area contributed by atoms with Crippen LogP contribution < -0.4 is 10.1 Å². The third kappa shape index (κ3) is 4.13. The molecule has 2 aliphatic carbocycles. The van der Waals surface area contributed by atoms with Crippen molar-refractivity contribution in [2.45, 2.75) is 43.2 Å². The van der Waals surface area contributed by atoms with Gasteiger partial charge in [-0.1, -0.05) is 18.6 Å². The van der Waals surface area contributed by atoms with Gasteiger partial charge in [-0.3, -0.25) is 4.79 Å². The van der Waals surface area contributed by atoms with Crippen LogP contribution in [0.2, 0.25) is 0 Å². The van der Waals surface area contributed by atoms with Crippen molar-refractivity contribution < 1.29 is 9.53 Å². The van der Waals surface area contributed by atoms with E-state index in [2.05, 4.69) is 24.4 Å². The summed E-state index contributed by atoms with van der Waals surface area (Å²) < 4.78 is 6.24. The first kappa shape index (κ1) is 17.6. The summed E-state index contributed by atoms with van der Waals surface area (Å²) in [5, 5.41) is 3.16. The number of nitrogens with one attached hydrogen (secondary N) is 1. The lowest BCUT2D eigenvalue weighted by Crippen LogP contribution is -2.42. The molecule has 3 nitrogen and oxygen atoms in total. The zero-order chi connectivity index (χ0) is 17.2. The molecule has 4 rings (SSSR count). The minimum atomic E-state index is 0.00116. The third-order valence-corrected chi connectivity index (χ3v) is 9.07. The van der Waals surface area contributed by atoms with Gasteiger partial charge in [-0.2, -0.15) is 0 Å². The quantitative estimate of drug-likeness (QED) is 0.793. The number of carbonyl (C=O) groups is 1. The summed E-state index contributed by atoms with van der Waals surface area (Å²) in [7, 11) is 0. The fraction of sp³-hybridized carbons (Fsp3) is 0.650. The first-order valence-corrected chi connectivity index (χ1v) is 11.5. The van der Waals surface area contributed by atoms with Gasteiger partial charge in [-0.25, -0.2) is 0 Å². The van der Waals surface area contributed by atoms with Gasteiger partial charge in [-0.05, 0) is 61.6 Å². The highest BCUT2D eigenvalue weighted by atomic mass is 32.2. The number of hydrogen-bond acceptors (Lipinski definition) is 4. The highest BCUT2D eigenvalue weighted by molar-refractivity contribution is 8.19. The van der Waals surface area contributed by atoms with Crippen LogP contribution >= 0.6 is 23.5 Å². The van der Waals surface area contributed by atoms with E-state index < -0.39 is 0 Å². The molecule has 4 atom stereocenters. The fourth-order valence-corrected chi connectivity index (χ4v) is 7.59. The van der Waals surface area contributed by atoms with Gasteiger partial charge in [0.05, 0.1) is 4.58 Å². The Bertz CT molecular complexity index is 600. The summed E-state index contributed by atoms with van der Waals surface area (Å²) in [5.41, 5.74) is 1.34. The first-order valence-electron chi connectivity index (χ1n) is 9.44. The van der Waals surface area contributed by atoms with E-state index in [1.54, 1.807) is 0 Å². The summed E-state index contributed by atoms with van der Waals surface area (Å²) in [6.45, 7) is 2.27. The predicted molar refractivity (Wildman–Crippen MR) is 106 cm³/mol. The number of thioether (sulfide) groups is 2. The third-order valence-electron chi connectivity index (χ3n) is 5.97. The van der Waals surface area contributed by atoms with Crippen LogP contribution in [0.15, 0.2) is 24.3 Å². The normalized spacial score (nSPS) is 29.7. The largest absolute Gasteiger partial charge is 0.484 e. The van der Waals surface area contributed by atoms with E-state index in [1.807, 2.05) is 35.7 Å². The van der Waals surface area contributed by atoms with Crippen LogP contribution in [0, 0.1) is 17.8 Å². The minimum Gasteiger partial charge on any atom is -0.484 e. The summed E-state index contributed by atoms with van der Waals surface area (Å²) in [6.07, 6.45) is 5.44. The molecule has 25 heavy (non-hydrogen) atoms. The number of rotatable bonds is 6. The van der Waals surface area contributed by atoms with Crippen molar-refractivity contribution in [3.05, 3.63) is 29.8 Å². The summed E-state index contributed by atoms with van der Waals surface area (Å²) in [4.78, 5) is 12.2. The average Bonchev–Trinajstić information content (AvgIpc) is 3.37. The number of carbonyl (C=O) groups excluding carboxylic acids is 1. The smallest absolute Gasteiger partial charge is 0.258 e. The monoisotopic (exact) mass is 377 g/mol. The lowest BCUT2D eigenvalue weighted by atomic mass is 9.84. The van der Waals surface area contributed by atoms with Gasteiger partial charge in [0.15, 0.2) is 6.61 Å². The van der Waals surface area contributed by atoms with Crippen LogP contribution in [0.3, 0.4) is 0 Å². The van der Waals surface area contributed by atoms with Crippen molar-refractivity contribution >= 4 is 29.4 Å². The summed E-state index contributed by atoms with van der Waals surface area (Å²) in [6, 6.07) is 8.50. The van der Waals surface area contributed by atoms with Crippen molar-refractivity contribution in [3.63, 3.8) is 0 Å². The van der Waals surface area contributed by atoms with Crippen LogP contribution in [-0.4, -0.2) is 30.1 Å². The Balaban J connectivity index is 1.23. The summed E-state index contributed by atoms with van der Waals surface area (Å²) >= 11 is 4.00. The first-order chi connectivity index (χ1) is 12.2. The Morgan fingerprint density at radius 1 is 1.20 bits per heavy atom. The van der Waals surface area contributed by atoms with E-state index in [-0.39, 0.29) is 18.6 Å². The topological polar surface area (TPSA) is 38.3 Å². The van der Waals surface area contributed by atoms with E-state index >= 15 is 0 Å². The van der Waals surface area contributed by atoms with Gasteiger partial charge >= 0.3 is 0 Å². The van der Waals surface area contributed by atoms with E-state index in [4.69, 9.17) is 4.74 Å². The maximum absolute atomic E-state index is 12.2. The predicted octanol–water partition coefficient (Wildman–Crippen LogP) is 4.48.